The zero-order valence-electron chi connectivity index (χ0n) is 22.5. The Balaban J connectivity index is 4.24. The average Bonchev–Trinajstić information content (AvgIpc) is 3.12. The summed E-state index contributed by atoms with van der Waals surface area (Å²) in [6.07, 6.45) is 21.6. The topological polar surface area (TPSA) is 18.5 Å². The fraction of sp³-hybridized carbons (Fsp3) is 0.273. The van der Waals surface area contributed by atoms with Crippen LogP contribution in [0.15, 0.2) is 145 Å². The molecule has 0 aromatic heterocycles. The van der Waals surface area contributed by atoms with Crippen LogP contribution >= 0.6 is 0 Å². The van der Waals surface area contributed by atoms with Crippen molar-refractivity contribution in [2.24, 2.45) is 5.41 Å². The first-order valence-electron chi connectivity index (χ1n) is 12.1. The lowest BCUT2D eigenvalue weighted by molar-refractivity contribution is 0.149. The molecule has 0 saturated heterocycles. The Morgan fingerprint density at radius 3 is 1.86 bits per heavy atom. The maximum absolute atomic E-state index is 5.87. The highest BCUT2D eigenvalue weighted by molar-refractivity contribution is 5.77. The summed E-state index contributed by atoms with van der Waals surface area (Å²) in [6, 6.07) is 0. The lowest BCUT2D eigenvalue weighted by Crippen LogP contribution is -2.27. The van der Waals surface area contributed by atoms with Crippen molar-refractivity contribution >= 4 is 0 Å². The van der Waals surface area contributed by atoms with Crippen LogP contribution < -0.4 is 0 Å². The van der Waals surface area contributed by atoms with Crippen molar-refractivity contribution in [3.05, 3.63) is 145 Å². The van der Waals surface area contributed by atoms with Gasteiger partial charge < -0.3 is 9.47 Å². The summed E-state index contributed by atoms with van der Waals surface area (Å²) in [6.45, 7) is 33.2. The van der Waals surface area contributed by atoms with Crippen molar-refractivity contribution in [3.63, 3.8) is 0 Å². The molecule has 0 aromatic rings. The van der Waals surface area contributed by atoms with Crippen LogP contribution in [0.5, 0.6) is 0 Å². The standard InChI is InChI=1S/C33H42O2/c1-12-26(21-20-25(11)35-24(9)10)33(27(13-2)22-23-28(14-3)34-19-8)31(17-6)29(15-4)30(16-5)32(33)18-7/h12-18,20-24H,1-4,6,19H2,5,7-11H3/b25-20+,26-21+,27-22+,28-23+,30-16-,32-18+. The maximum Gasteiger partial charge on any atom is 0.118 e. The molecule has 186 valence electrons. The molecule has 1 atom stereocenters. The molecule has 35 heavy (non-hydrogen) atoms. The van der Waals surface area contributed by atoms with E-state index in [2.05, 4.69) is 58.0 Å². The zero-order valence-corrected chi connectivity index (χ0v) is 22.5. The van der Waals surface area contributed by atoms with Gasteiger partial charge in [0.1, 0.15) is 5.76 Å². The molecule has 1 rings (SSSR count). The molecule has 0 fully saturated rings. The van der Waals surface area contributed by atoms with Gasteiger partial charge in [0.2, 0.25) is 0 Å². The van der Waals surface area contributed by atoms with Crippen LogP contribution in [0.2, 0.25) is 0 Å². The molecular formula is C33H42O2. The molecular weight excluding hydrogens is 428 g/mol. The highest BCUT2D eigenvalue weighted by Crippen LogP contribution is 2.60. The summed E-state index contributed by atoms with van der Waals surface area (Å²) in [5.41, 5.74) is 5.50. The largest absolute Gasteiger partial charge is 0.496 e. The molecule has 1 aliphatic carbocycles. The van der Waals surface area contributed by atoms with Crippen molar-refractivity contribution in [1.82, 2.24) is 0 Å². The van der Waals surface area contributed by atoms with Crippen molar-refractivity contribution in [2.45, 2.75) is 47.6 Å². The minimum Gasteiger partial charge on any atom is -0.496 e. The van der Waals surface area contributed by atoms with Gasteiger partial charge in [0.05, 0.1) is 23.9 Å². The first-order valence-corrected chi connectivity index (χ1v) is 12.1. The van der Waals surface area contributed by atoms with Crippen molar-refractivity contribution in [1.29, 1.82) is 0 Å². The monoisotopic (exact) mass is 470 g/mol. The van der Waals surface area contributed by atoms with Gasteiger partial charge in [0, 0.05) is 0 Å². The first-order chi connectivity index (χ1) is 16.8. The summed E-state index contributed by atoms with van der Waals surface area (Å²) >= 11 is 0. The number of ether oxygens (including phenoxy) is 2. The molecule has 0 heterocycles. The third-order valence-corrected chi connectivity index (χ3v) is 5.83. The fourth-order valence-corrected chi connectivity index (χ4v) is 4.62. The number of hydrogen-bond donors (Lipinski definition) is 0. The summed E-state index contributed by atoms with van der Waals surface area (Å²) < 4.78 is 11.6. The molecule has 0 radical (unpaired) electrons. The van der Waals surface area contributed by atoms with Crippen LogP contribution in [0.1, 0.15) is 41.5 Å². The average molecular weight is 471 g/mol. The summed E-state index contributed by atoms with van der Waals surface area (Å²) in [4.78, 5) is 0. The molecule has 1 aliphatic rings. The minimum absolute atomic E-state index is 0.0913. The van der Waals surface area contributed by atoms with E-state index >= 15 is 0 Å². The second-order valence-electron chi connectivity index (χ2n) is 8.19. The Morgan fingerprint density at radius 2 is 1.46 bits per heavy atom. The Labute approximate surface area is 213 Å². The smallest absolute Gasteiger partial charge is 0.118 e. The number of hydrogen-bond acceptors (Lipinski definition) is 2. The molecule has 0 aromatic carbocycles. The molecule has 0 aliphatic heterocycles. The highest BCUT2D eigenvalue weighted by atomic mass is 16.5. The van der Waals surface area contributed by atoms with Crippen LogP contribution in [0.25, 0.3) is 0 Å². The van der Waals surface area contributed by atoms with Crippen molar-refractivity contribution < 1.29 is 9.47 Å². The van der Waals surface area contributed by atoms with Gasteiger partial charge >= 0.3 is 0 Å². The first kappa shape index (κ1) is 29.5. The maximum atomic E-state index is 5.87. The summed E-state index contributed by atoms with van der Waals surface area (Å²) in [5, 5.41) is 0. The molecule has 0 saturated carbocycles. The predicted molar refractivity (Wildman–Crippen MR) is 154 cm³/mol. The molecule has 0 amide bonds. The van der Waals surface area contributed by atoms with Gasteiger partial charge in [-0.3, -0.25) is 0 Å². The molecule has 1 unspecified atom stereocenters. The predicted octanol–water partition coefficient (Wildman–Crippen LogP) is 9.21. The van der Waals surface area contributed by atoms with Crippen molar-refractivity contribution in [2.75, 3.05) is 6.61 Å². The fourth-order valence-electron chi connectivity index (χ4n) is 4.62. The van der Waals surface area contributed by atoms with E-state index in [-0.39, 0.29) is 6.10 Å². The Kier molecular flexibility index (Phi) is 11.8. The van der Waals surface area contributed by atoms with Gasteiger partial charge in [-0.25, -0.2) is 0 Å². The van der Waals surface area contributed by atoms with Crippen LogP contribution in [-0.2, 0) is 9.47 Å². The SMILES string of the molecule is C=CC1=C(C=C)C(/C(C=C)=C/C=C(\C)OC(C)C)(/C(C=C)=C/C=C(\C=C)OCC)C(=C/C)/C1=C\C. The Bertz CT molecular complexity index is 1060. The molecule has 0 N–H and O–H groups in total. The van der Waals surface area contributed by atoms with E-state index in [1.807, 2.05) is 77.2 Å². The zero-order chi connectivity index (χ0) is 26.6. The Hall–Kier alpha value is -3.52. The second kappa shape index (κ2) is 14.0. The number of allylic oxidation sites excluding steroid dienone is 18. The Morgan fingerprint density at radius 1 is 0.857 bits per heavy atom. The minimum atomic E-state index is -0.699. The lowest BCUT2D eigenvalue weighted by Gasteiger charge is -2.37. The molecule has 2 nitrogen and oxygen atoms in total. The summed E-state index contributed by atoms with van der Waals surface area (Å²) in [7, 11) is 0. The van der Waals surface area contributed by atoms with E-state index in [0.717, 1.165) is 39.2 Å². The van der Waals surface area contributed by atoms with E-state index in [0.29, 0.717) is 12.4 Å². The second-order valence-corrected chi connectivity index (χ2v) is 8.19. The van der Waals surface area contributed by atoms with Crippen LogP contribution in [0.4, 0.5) is 0 Å². The van der Waals surface area contributed by atoms with Crippen LogP contribution in [0, 0.1) is 5.41 Å². The van der Waals surface area contributed by atoms with Gasteiger partial charge in [-0.1, -0.05) is 81.5 Å². The molecule has 0 spiro atoms. The van der Waals surface area contributed by atoms with Gasteiger partial charge in [-0.2, -0.15) is 0 Å². The normalized spacial score (nSPS) is 22.0. The van der Waals surface area contributed by atoms with E-state index < -0.39 is 5.41 Å². The van der Waals surface area contributed by atoms with Crippen molar-refractivity contribution in [3.8, 4) is 0 Å². The third-order valence-electron chi connectivity index (χ3n) is 5.83. The van der Waals surface area contributed by atoms with Gasteiger partial charge in [0.15, 0.2) is 0 Å². The lowest BCUT2D eigenvalue weighted by atomic mass is 9.65. The van der Waals surface area contributed by atoms with Crippen LogP contribution in [-0.4, -0.2) is 12.7 Å². The molecule has 0 bridgehead atoms. The van der Waals surface area contributed by atoms with E-state index in [9.17, 15) is 0 Å². The molecule has 2 heteroatoms. The number of rotatable bonds is 13. The van der Waals surface area contributed by atoms with E-state index in [4.69, 9.17) is 9.47 Å². The summed E-state index contributed by atoms with van der Waals surface area (Å²) in [5.74, 6) is 1.51. The highest BCUT2D eigenvalue weighted by Gasteiger charge is 2.48. The van der Waals surface area contributed by atoms with Crippen LogP contribution in [0.3, 0.4) is 0 Å². The third kappa shape index (κ3) is 6.14. The van der Waals surface area contributed by atoms with Gasteiger partial charge in [-0.15, -0.1) is 0 Å². The van der Waals surface area contributed by atoms with E-state index in [1.165, 1.54) is 0 Å². The van der Waals surface area contributed by atoms with Gasteiger partial charge in [-0.05, 0) is 93.2 Å². The quantitative estimate of drug-likeness (QED) is 0.197. The van der Waals surface area contributed by atoms with Gasteiger partial charge in [0.25, 0.3) is 0 Å². The van der Waals surface area contributed by atoms with E-state index in [1.54, 1.807) is 6.08 Å².